The molecule has 0 spiro atoms. The van der Waals surface area contributed by atoms with Crippen molar-refractivity contribution < 1.29 is 0 Å². The van der Waals surface area contributed by atoms with Crippen LogP contribution in [-0.2, 0) is 0 Å². The average Bonchev–Trinajstić information content (AvgIpc) is 3.51. The molecule has 0 radical (unpaired) electrons. The van der Waals surface area contributed by atoms with Gasteiger partial charge in [-0.15, -0.1) is 0 Å². The molecule has 0 saturated heterocycles. The molecule has 8 aliphatic rings. The normalized spacial score (nSPS) is 18.9. The van der Waals surface area contributed by atoms with E-state index in [-0.39, 0.29) is 13.4 Å². The SMILES string of the molecule is c1ccc(N2c3cc4c(cc3B3c5ccccc5Sc5cc(N(C6CCCCC6)C6CCCCC6)cc2c53)B2c3ccccc3N(c3ccccc3)c3cc(N(C5CCCCC5)C5CCCCC5)cc(c32)N4c2ccccc2)cc1. The summed E-state index contributed by atoms with van der Waals surface area (Å²) in [6, 6.07) is 71.4. The van der Waals surface area contributed by atoms with E-state index in [4.69, 9.17) is 0 Å². The number of anilines is 11. The molecule has 398 valence electrons. The Bertz CT molecular complexity index is 3550. The van der Waals surface area contributed by atoms with Crippen molar-refractivity contribution in [1.82, 2.24) is 0 Å². The molecule has 80 heavy (non-hydrogen) atoms. The van der Waals surface area contributed by atoms with Gasteiger partial charge in [-0.2, -0.15) is 0 Å². The summed E-state index contributed by atoms with van der Waals surface area (Å²) in [5.74, 6) is 0. The summed E-state index contributed by atoms with van der Waals surface area (Å²) in [5, 5.41) is 0. The minimum Gasteiger partial charge on any atom is -0.365 e. The lowest BCUT2D eigenvalue weighted by Crippen LogP contribution is -2.64. The van der Waals surface area contributed by atoms with Gasteiger partial charge in [-0.3, -0.25) is 0 Å². The molecular formula is C72H73B2N5S. The molecule has 16 rings (SSSR count). The smallest absolute Gasteiger partial charge is 0.252 e. The van der Waals surface area contributed by atoms with Crippen LogP contribution in [0.15, 0.2) is 186 Å². The summed E-state index contributed by atoms with van der Waals surface area (Å²) < 4.78 is 0. The first-order valence-corrected chi connectivity index (χ1v) is 32.1. The fourth-order valence-corrected chi connectivity index (χ4v) is 18.0. The van der Waals surface area contributed by atoms with Crippen molar-refractivity contribution in [2.45, 2.75) is 162 Å². The van der Waals surface area contributed by atoms with E-state index in [9.17, 15) is 0 Å². The van der Waals surface area contributed by atoms with Gasteiger partial charge in [0.2, 0.25) is 6.71 Å². The Kier molecular flexibility index (Phi) is 12.7. The van der Waals surface area contributed by atoms with Crippen LogP contribution >= 0.6 is 11.8 Å². The Morgan fingerprint density at radius 3 is 1.15 bits per heavy atom. The Hall–Kier alpha value is -6.76. The van der Waals surface area contributed by atoms with Crippen LogP contribution in [0.3, 0.4) is 0 Å². The molecule has 4 saturated carbocycles. The Morgan fingerprint density at radius 2 is 0.675 bits per heavy atom. The first-order valence-electron chi connectivity index (χ1n) is 31.2. The molecule has 0 unspecified atom stereocenters. The molecule has 8 aromatic rings. The van der Waals surface area contributed by atoms with E-state index < -0.39 is 0 Å². The van der Waals surface area contributed by atoms with Gasteiger partial charge < -0.3 is 24.5 Å². The summed E-state index contributed by atoms with van der Waals surface area (Å²) in [7, 11) is 0. The fraction of sp³-hybridized carbons (Fsp3) is 0.333. The second kappa shape index (κ2) is 20.7. The summed E-state index contributed by atoms with van der Waals surface area (Å²) in [5.41, 5.74) is 22.8. The molecule has 4 aliphatic heterocycles. The van der Waals surface area contributed by atoms with Crippen molar-refractivity contribution in [2.75, 3.05) is 24.5 Å². The van der Waals surface area contributed by atoms with E-state index in [1.54, 1.807) is 0 Å². The first-order chi connectivity index (χ1) is 39.7. The van der Waals surface area contributed by atoms with E-state index in [0.29, 0.717) is 24.2 Å². The predicted octanol–water partition coefficient (Wildman–Crippen LogP) is 15.5. The average molecular weight is 1060 g/mol. The highest BCUT2D eigenvalue weighted by atomic mass is 32.2. The summed E-state index contributed by atoms with van der Waals surface area (Å²) >= 11 is 2.02. The summed E-state index contributed by atoms with van der Waals surface area (Å²) in [6.07, 6.45) is 26.3. The Labute approximate surface area is 480 Å². The molecule has 4 heterocycles. The second-order valence-electron chi connectivity index (χ2n) is 24.8. The van der Waals surface area contributed by atoms with Gasteiger partial charge in [-0.1, -0.05) is 191 Å². The van der Waals surface area contributed by atoms with Gasteiger partial charge >= 0.3 is 0 Å². The molecule has 4 aliphatic carbocycles. The fourth-order valence-electron chi connectivity index (χ4n) is 16.8. The lowest BCUT2D eigenvalue weighted by Gasteiger charge is -2.48. The molecule has 0 N–H and O–H groups in total. The van der Waals surface area contributed by atoms with E-state index in [1.165, 1.54) is 234 Å². The molecule has 0 bridgehead atoms. The molecule has 0 atom stereocenters. The van der Waals surface area contributed by atoms with Crippen LogP contribution in [0, 0.1) is 0 Å². The number of para-hydroxylation sites is 4. The maximum Gasteiger partial charge on any atom is 0.252 e. The van der Waals surface area contributed by atoms with Crippen LogP contribution in [0.2, 0.25) is 0 Å². The molecule has 4 fully saturated rings. The van der Waals surface area contributed by atoms with Crippen LogP contribution in [0.25, 0.3) is 0 Å². The third-order valence-corrected chi connectivity index (χ3v) is 21.4. The van der Waals surface area contributed by atoms with Crippen molar-refractivity contribution >= 4 is 121 Å². The zero-order chi connectivity index (χ0) is 52.7. The highest BCUT2D eigenvalue weighted by Crippen LogP contribution is 2.51. The highest BCUT2D eigenvalue weighted by molar-refractivity contribution is 8.00. The van der Waals surface area contributed by atoms with Gasteiger partial charge in [0.25, 0.3) is 6.71 Å². The first kappa shape index (κ1) is 49.1. The standard InChI is InChI=1S/C72H73B2N5S/c1-8-26-50(27-9-1)75(51-28-10-2-11-29-51)57-44-66-71-67(45-57)78(55-36-18-6-19-37-55)64-49-65-62(48-61(64)73(71)59-40-22-24-42-63(59)77(66)54-34-16-5-17-35-54)74-60-41-23-25-43-69(60)80-70-47-58(46-68(72(70)74)79(65)56-38-20-7-21-39-56)76(52-30-12-3-13-31-52)53-32-14-4-15-33-53/h5-7,16-25,34-53H,1-4,8-15,26-33H2. The molecule has 0 aromatic heterocycles. The number of hydrogen-bond donors (Lipinski definition) is 0. The molecular weight excluding hydrogens is 989 g/mol. The minimum atomic E-state index is 0.00413. The third kappa shape index (κ3) is 8.18. The Balaban J connectivity index is 0.980. The van der Waals surface area contributed by atoms with Crippen molar-refractivity contribution in [3.8, 4) is 0 Å². The van der Waals surface area contributed by atoms with Crippen LogP contribution < -0.4 is 57.3 Å². The van der Waals surface area contributed by atoms with Gasteiger partial charge in [0.1, 0.15) is 0 Å². The van der Waals surface area contributed by atoms with Gasteiger partial charge in [0.15, 0.2) is 0 Å². The van der Waals surface area contributed by atoms with Crippen molar-refractivity contribution in [3.05, 3.63) is 176 Å². The van der Waals surface area contributed by atoms with Gasteiger partial charge in [0.05, 0.1) is 0 Å². The van der Waals surface area contributed by atoms with Crippen molar-refractivity contribution in [3.63, 3.8) is 0 Å². The van der Waals surface area contributed by atoms with Gasteiger partial charge in [-0.25, -0.2) is 0 Å². The van der Waals surface area contributed by atoms with Crippen LogP contribution in [0.5, 0.6) is 0 Å². The number of fused-ring (bicyclic) bond motifs is 8. The minimum absolute atomic E-state index is 0.00413. The molecule has 0 amide bonds. The predicted molar refractivity (Wildman–Crippen MR) is 343 cm³/mol. The lowest BCUT2D eigenvalue weighted by atomic mass is 9.30. The van der Waals surface area contributed by atoms with Gasteiger partial charge in [-0.05, 0) is 158 Å². The monoisotopic (exact) mass is 1060 g/mol. The van der Waals surface area contributed by atoms with E-state index in [2.05, 4.69) is 200 Å². The number of rotatable bonds is 9. The van der Waals surface area contributed by atoms with Crippen LogP contribution in [0.4, 0.5) is 62.6 Å². The molecule has 8 aromatic carbocycles. The maximum absolute atomic E-state index is 2.99. The van der Waals surface area contributed by atoms with Crippen molar-refractivity contribution in [2.24, 2.45) is 0 Å². The van der Waals surface area contributed by atoms with Gasteiger partial charge in [0, 0.05) is 96.5 Å². The zero-order valence-corrected chi connectivity index (χ0v) is 47.3. The van der Waals surface area contributed by atoms with Crippen LogP contribution in [0.1, 0.15) is 128 Å². The maximum atomic E-state index is 2.99. The number of nitrogens with zero attached hydrogens (tertiary/aromatic N) is 5. The molecule has 8 heteroatoms. The Morgan fingerprint density at radius 1 is 0.300 bits per heavy atom. The topological polar surface area (TPSA) is 16.2 Å². The zero-order valence-electron chi connectivity index (χ0n) is 46.5. The quantitative estimate of drug-likeness (QED) is 0.133. The van der Waals surface area contributed by atoms with E-state index >= 15 is 0 Å². The summed E-state index contributed by atoms with van der Waals surface area (Å²) in [6.45, 7) is 0.0710. The number of hydrogen-bond acceptors (Lipinski definition) is 6. The van der Waals surface area contributed by atoms with E-state index in [0.717, 1.165) is 0 Å². The largest absolute Gasteiger partial charge is 0.365 e. The van der Waals surface area contributed by atoms with E-state index in [1.807, 2.05) is 11.8 Å². The lowest BCUT2D eigenvalue weighted by molar-refractivity contribution is 0.340. The number of benzene rings is 8. The van der Waals surface area contributed by atoms with Crippen LogP contribution in [-0.4, -0.2) is 37.6 Å². The van der Waals surface area contributed by atoms with Crippen molar-refractivity contribution in [1.29, 1.82) is 0 Å². The molecule has 5 nitrogen and oxygen atoms in total. The summed E-state index contributed by atoms with van der Waals surface area (Å²) in [4.78, 5) is 16.9. The third-order valence-electron chi connectivity index (χ3n) is 20.3. The highest BCUT2D eigenvalue weighted by Gasteiger charge is 2.48. The second-order valence-corrected chi connectivity index (χ2v) is 25.9.